The first-order valence-electron chi connectivity index (χ1n) is 8.70. The van der Waals surface area contributed by atoms with Gasteiger partial charge in [0.15, 0.2) is 0 Å². The van der Waals surface area contributed by atoms with Crippen LogP contribution in [0.2, 0.25) is 10.0 Å². The number of ether oxygens (including phenoxy) is 2. The van der Waals surface area contributed by atoms with Crippen LogP contribution in [-0.2, 0) is 14.3 Å². The number of benzene rings is 1. The Balaban J connectivity index is 2.30. The molecule has 0 aliphatic rings. The van der Waals surface area contributed by atoms with Crippen LogP contribution in [0.4, 0.5) is 5.88 Å². The highest BCUT2D eigenvalue weighted by atomic mass is 35.5. The molecule has 1 heterocycles. The van der Waals surface area contributed by atoms with E-state index in [9.17, 15) is 14.4 Å². The van der Waals surface area contributed by atoms with Crippen LogP contribution in [0, 0.1) is 6.92 Å². The molecule has 0 fully saturated rings. The van der Waals surface area contributed by atoms with Gasteiger partial charge in [-0.3, -0.25) is 10.1 Å². The number of rotatable bonds is 7. The van der Waals surface area contributed by atoms with Crippen molar-refractivity contribution in [2.45, 2.75) is 20.8 Å². The van der Waals surface area contributed by atoms with E-state index in [0.29, 0.717) is 15.6 Å². The van der Waals surface area contributed by atoms with Gasteiger partial charge in [0, 0.05) is 6.08 Å². The van der Waals surface area contributed by atoms with Crippen molar-refractivity contribution in [1.82, 2.24) is 0 Å². The Kier molecular flexibility index (Phi) is 7.87. The van der Waals surface area contributed by atoms with Crippen molar-refractivity contribution in [2.75, 3.05) is 18.5 Å². The average Bonchev–Trinajstić information content (AvgIpc) is 2.99. The molecule has 2 rings (SSSR count). The van der Waals surface area contributed by atoms with Gasteiger partial charge in [-0.2, -0.15) is 0 Å². The van der Waals surface area contributed by atoms with Crippen molar-refractivity contribution in [2.24, 2.45) is 0 Å². The summed E-state index contributed by atoms with van der Waals surface area (Å²) in [7, 11) is 0. The Morgan fingerprint density at radius 1 is 1.03 bits per heavy atom. The largest absolute Gasteiger partial charge is 0.462 e. The molecule has 7 nitrogen and oxygen atoms in total. The maximum Gasteiger partial charge on any atom is 0.344 e. The minimum atomic E-state index is -0.809. The number of esters is 2. The van der Waals surface area contributed by atoms with Crippen LogP contribution < -0.4 is 5.32 Å². The molecule has 1 amide bonds. The van der Waals surface area contributed by atoms with E-state index < -0.39 is 17.8 Å². The lowest BCUT2D eigenvalue weighted by molar-refractivity contribution is -0.111. The van der Waals surface area contributed by atoms with Gasteiger partial charge in [0.2, 0.25) is 5.88 Å². The van der Waals surface area contributed by atoms with Crippen LogP contribution in [0.3, 0.4) is 0 Å². The number of carbonyl (C=O) groups excluding carboxylic acids is 3. The van der Waals surface area contributed by atoms with Crippen molar-refractivity contribution in [3.05, 3.63) is 56.8 Å². The number of carbonyl (C=O) groups is 3. The molecule has 0 saturated heterocycles. The third-order valence-electron chi connectivity index (χ3n) is 3.65. The third-order valence-corrected chi connectivity index (χ3v) is 4.39. The van der Waals surface area contributed by atoms with E-state index in [1.54, 1.807) is 32.0 Å². The van der Waals surface area contributed by atoms with Crippen molar-refractivity contribution < 1.29 is 28.3 Å². The van der Waals surface area contributed by atoms with Gasteiger partial charge in [0.1, 0.15) is 16.9 Å². The Morgan fingerprint density at radius 3 is 2.24 bits per heavy atom. The molecule has 0 unspecified atom stereocenters. The van der Waals surface area contributed by atoms with E-state index in [1.165, 1.54) is 19.1 Å². The summed E-state index contributed by atoms with van der Waals surface area (Å²) in [5.74, 6) is -2.23. The summed E-state index contributed by atoms with van der Waals surface area (Å²) >= 11 is 11.8. The minimum Gasteiger partial charge on any atom is -0.462 e. The monoisotopic (exact) mass is 439 g/mol. The van der Waals surface area contributed by atoms with E-state index in [-0.39, 0.29) is 36.0 Å². The fraction of sp³-hybridized carbons (Fsp3) is 0.250. The molecule has 0 bridgehead atoms. The van der Waals surface area contributed by atoms with Crippen LogP contribution in [0.1, 0.15) is 45.9 Å². The molecule has 154 valence electrons. The van der Waals surface area contributed by atoms with Crippen molar-refractivity contribution >= 4 is 53.0 Å². The smallest absolute Gasteiger partial charge is 0.344 e. The van der Waals surface area contributed by atoms with Crippen molar-refractivity contribution in [3.63, 3.8) is 0 Å². The Labute approximate surface area is 177 Å². The lowest BCUT2D eigenvalue weighted by Crippen LogP contribution is -2.16. The zero-order chi connectivity index (χ0) is 21.6. The van der Waals surface area contributed by atoms with Gasteiger partial charge in [-0.25, -0.2) is 9.59 Å². The molecule has 0 spiro atoms. The van der Waals surface area contributed by atoms with Crippen LogP contribution in [0.15, 0.2) is 28.7 Å². The predicted octanol–water partition coefficient (Wildman–Crippen LogP) is 4.90. The Morgan fingerprint density at radius 2 is 1.66 bits per heavy atom. The van der Waals surface area contributed by atoms with Crippen LogP contribution in [-0.4, -0.2) is 31.1 Å². The van der Waals surface area contributed by atoms with E-state index in [1.807, 2.05) is 0 Å². The molecular formula is C20H19Cl2NO6. The summed E-state index contributed by atoms with van der Waals surface area (Å²) in [6.45, 7) is 4.92. The molecule has 1 N–H and O–H groups in total. The first kappa shape index (κ1) is 22.5. The van der Waals surface area contributed by atoms with Gasteiger partial charge >= 0.3 is 11.9 Å². The maximum atomic E-state index is 12.4. The summed E-state index contributed by atoms with van der Waals surface area (Å²) < 4.78 is 15.4. The summed E-state index contributed by atoms with van der Waals surface area (Å²) in [6, 6.07) is 4.87. The Hall–Kier alpha value is -2.77. The predicted molar refractivity (Wildman–Crippen MR) is 109 cm³/mol. The molecule has 9 heteroatoms. The van der Waals surface area contributed by atoms with Crippen LogP contribution in [0.5, 0.6) is 0 Å². The molecular weight excluding hydrogens is 421 g/mol. The van der Waals surface area contributed by atoms with Gasteiger partial charge in [-0.05, 0) is 44.5 Å². The van der Waals surface area contributed by atoms with Gasteiger partial charge in [0.25, 0.3) is 5.91 Å². The highest BCUT2D eigenvalue weighted by Gasteiger charge is 2.31. The first-order valence-corrected chi connectivity index (χ1v) is 9.45. The standard InChI is InChI=1S/C20H19Cl2NO6/c1-4-27-19(25)16-11(3)29-18(17(16)20(26)28-5-2)23-15(24)9-7-12-6-8-13(21)14(22)10-12/h6-10H,4-5H2,1-3H3,(H,23,24)/b9-7+. The van der Waals surface area contributed by atoms with Crippen molar-refractivity contribution in [1.29, 1.82) is 0 Å². The molecule has 1 aromatic carbocycles. The van der Waals surface area contributed by atoms with Crippen molar-refractivity contribution in [3.8, 4) is 0 Å². The first-order chi connectivity index (χ1) is 13.8. The number of nitrogens with one attached hydrogen (secondary N) is 1. The molecule has 2 aromatic rings. The second-order valence-corrected chi connectivity index (χ2v) is 6.49. The fourth-order valence-electron chi connectivity index (χ4n) is 2.42. The van der Waals surface area contributed by atoms with E-state index in [4.69, 9.17) is 37.1 Å². The molecule has 0 aliphatic heterocycles. The fourth-order valence-corrected chi connectivity index (χ4v) is 2.73. The summed E-state index contributed by atoms with van der Waals surface area (Å²) in [6.07, 6.45) is 2.72. The van der Waals surface area contributed by atoms with Gasteiger partial charge in [-0.1, -0.05) is 29.3 Å². The zero-order valence-corrected chi connectivity index (χ0v) is 17.5. The normalized spacial score (nSPS) is 10.8. The number of halogens is 2. The minimum absolute atomic E-state index is 0.0793. The van der Waals surface area contributed by atoms with Gasteiger partial charge in [-0.15, -0.1) is 0 Å². The maximum absolute atomic E-state index is 12.4. The molecule has 29 heavy (non-hydrogen) atoms. The van der Waals surface area contributed by atoms with E-state index in [0.717, 1.165) is 0 Å². The molecule has 0 saturated carbocycles. The highest BCUT2D eigenvalue weighted by molar-refractivity contribution is 6.42. The summed E-state index contributed by atoms with van der Waals surface area (Å²) in [5, 5.41) is 3.18. The second-order valence-electron chi connectivity index (χ2n) is 5.67. The SMILES string of the molecule is CCOC(=O)c1c(C)oc(NC(=O)/C=C/c2ccc(Cl)c(Cl)c2)c1C(=O)OCC. The molecule has 0 aliphatic carbocycles. The average molecular weight is 440 g/mol. The third kappa shape index (κ3) is 5.62. The summed E-state index contributed by atoms with van der Waals surface area (Å²) in [4.78, 5) is 36.9. The number of hydrogen-bond donors (Lipinski definition) is 1. The van der Waals surface area contributed by atoms with E-state index >= 15 is 0 Å². The zero-order valence-electron chi connectivity index (χ0n) is 16.0. The number of hydrogen-bond acceptors (Lipinski definition) is 6. The Bertz CT molecular complexity index is 964. The number of amides is 1. The number of anilines is 1. The molecule has 0 radical (unpaired) electrons. The lowest BCUT2D eigenvalue weighted by atomic mass is 10.1. The second kappa shape index (κ2) is 10.1. The highest BCUT2D eigenvalue weighted by Crippen LogP contribution is 2.29. The molecule has 1 aromatic heterocycles. The topological polar surface area (TPSA) is 94.8 Å². The van der Waals surface area contributed by atoms with E-state index in [2.05, 4.69) is 5.32 Å². The van der Waals surface area contributed by atoms with Gasteiger partial charge < -0.3 is 13.9 Å². The number of aryl methyl sites for hydroxylation is 1. The number of furan rings is 1. The van der Waals surface area contributed by atoms with Crippen LogP contribution >= 0.6 is 23.2 Å². The summed E-state index contributed by atoms with van der Waals surface area (Å²) in [5.41, 5.74) is 0.358. The molecule has 0 atom stereocenters. The van der Waals surface area contributed by atoms with Gasteiger partial charge in [0.05, 0.1) is 23.3 Å². The quantitative estimate of drug-likeness (QED) is 0.486. The van der Waals surface area contributed by atoms with Crippen LogP contribution in [0.25, 0.3) is 6.08 Å². The lowest BCUT2D eigenvalue weighted by Gasteiger charge is -2.06.